The molecule has 0 fully saturated rings. The molecule has 62 valence electrons. The van der Waals surface area contributed by atoms with Crippen LogP contribution in [0.5, 0.6) is 0 Å². The fourth-order valence-corrected chi connectivity index (χ4v) is 1.12. The Morgan fingerprint density at radius 1 is 1.73 bits per heavy atom. The van der Waals surface area contributed by atoms with Crippen molar-refractivity contribution in [3.63, 3.8) is 0 Å². The van der Waals surface area contributed by atoms with E-state index in [0.29, 0.717) is 6.04 Å². The zero-order valence-corrected chi connectivity index (χ0v) is 7.09. The maximum absolute atomic E-state index is 3.85. The predicted molar refractivity (Wildman–Crippen MR) is 46.6 cm³/mol. The molecule has 0 amide bonds. The fraction of sp³-hybridized carbons (Fsp3) is 0.625. The average molecular weight is 153 g/mol. The van der Waals surface area contributed by atoms with Gasteiger partial charge in [0, 0.05) is 12.2 Å². The normalized spacial score (nSPS) is 12.9. The lowest BCUT2D eigenvalue weighted by Gasteiger charge is -2.11. The van der Waals surface area contributed by atoms with Crippen LogP contribution in [0, 0.1) is 0 Å². The van der Waals surface area contributed by atoms with Gasteiger partial charge in [-0.05, 0) is 13.3 Å². The van der Waals surface area contributed by atoms with E-state index in [1.165, 1.54) is 12.8 Å². The Morgan fingerprint density at radius 3 is 3.09 bits per heavy atom. The van der Waals surface area contributed by atoms with Crippen LogP contribution in [0.25, 0.3) is 0 Å². The summed E-state index contributed by atoms with van der Waals surface area (Å²) in [6, 6.07) is 0.539. The lowest BCUT2D eigenvalue weighted by Crippen LogP contribution is -2.13. The van der Waals surface area contributed by atoms with Gasteiger partial charge in [0.1, 0.15) is 0 Å². The van der Waals surface area contributed by atoms with E-state index in [4.69, 9.17) is 0 Å². The lowest BCUT2D eigenvalue weighted by molar-refractivity contribution is 0.690. The monoisotopic (exact) mass is 153 g/mol. The summed E-state index contributed by atoms with van der Waals surface area (Å²) in [5, 5.41) is 9.94. The molecule has 0 spiro atoms. The number of nitrogens with zero attached hydrogens (tertiary/aromatic N) is 1. The third-order valence-corrected chi connectivity index (χ3v) is 1.63. The highest BCUT2D eigenvalue weighted by Crippen LogP contribution is 2.06. The number of hydrogen-bond acceptors (Lipinski definition) is 2. The molecule has 0 aliphatic carbocycles. The second-order valence-corrected chi connectivity index (χ2v) is 2.82. The molecule has 3 nitrogen and oxygen atoms in total. The van der Waals surface area contributed by atoms with E-state index in [1.807, 2.05) is 6.20 Å². The molecule has 1 atom stereocenters. The zero-order chi connectivity index (χ0) is 8.10. The van der Waals surface area contributed by atoms with Crippen molar-refractivity contribution >= 4 is 5.69 Å². The minimum absolute atomic E-state index is 0.539. The van der Waals surface area contributed by atoms with Crippen LogP contribution in [0.1, 0.15) is 26.7 Å². The molecule has 0 bridgehead atoms. The van der Waals surface area contributed by atoms with Crippen molar-refractivity contribution in [2.75, 3.05) is 5.32 Å². The maximum Gasteiger partial charge on any atom is 0.0725 e. The standard InChI is InChI=1S/C8H15N3/c1-3-4-7(2)11-8-5-9-10-6-8/h5-7,11H,3-4H2,1-2H3,(H,9,10). The van der Waals surface area contributed by atoms with E-state index in [0.717, 1.165) is 5.69 Å². The second kappa shape index (κ2) is 4.01. The number of H-pyrrole nitrogens is 1. The van der Waals surface area contributed by atoms with Crippen LogP contribution in [0.3, 0.4) is 0 Å². The van der Waals surface area contributed by atoms with Crippen molar-refractivity contribution in [2.24, 2.45) is 0 Å². The molecule has 0 saturated heterocycles. The molecule has 1 aromatic heterocycles. The number of aromatic nitrogens is 2. The molecule has 2 N–H and O–H groups in total. The van der Waals surface area contributed by atoms with Crippen LogP contribution in [-0.4, -0.2) is 16.2 Å². The Balaban J connectivity index is 2.31. The minimum atomic E-state index is 0.539. The number of hydrogen-bond donors (Lipinski definition) is 2. The first-order chi connectivity index (χ1) is 5.33. The minimum Gasteiger partial charge on any atom is -0.380 e. The Hall–Kier alpha value is -0.990. The van der Waals surface area contributed by atoms with Gasteiger partial charge in [0.25, 0.3) is 0 Å². The second-order valence-electron chi connectivity index (χ2n) is 2.82. The van der Waals surface area contributed by atoms with Crippen molar-refractivity contribution in [3.05, 3.63) is 12.4 Å². The quantitative estimate of drug-likeness (QED) is 0.694. The van der Waals surface area contributed by atoms with Crippen molar-refractivity contribution in [3.8, 4) is 0 Å². The van der Waals surface area contributed by atoms with Crippen LogP contribution in [0.2, 0.25) is 0 Å². The molecule has 0 aromatic carbocycles. The SMILES string of the molecule is CCCC(C)Nc1cn[nH]c1. The van der Waals surface area contributed by atoms with Crippen LogP contribution < -0.4 is 5.32 Å². The van der Waals surface area contributed by atoms with Gasteiger partial charge in [-0.15, -0.1) is 0 Å². The van der Waals surface area contributed by atoms with Gasteiger partial charge in [0.15, 0.2) is 0 Å². The van der Waals surface area contributed by atoms with Gasteiger partial charge in [0.05, 0.1) is 11.9 Å². The highest BCUT2D eigenvalue weighted by atomic mass is 15.1. The van der Waals surface area contributed by atoms with Crippen molar-refractivity contribution in [1.82, 2.24) is 10.2 Å². The highest BCUT2D eigenvalue weighted by Gasteiger charge is 1.99. The van der Waals surface area contributed by atoms with Crippen LogP contribution >= 0.6 is 0 Å². The summed E-state index contributed by atoms with van der Waals surface area (Å²) in [6.45, 7) is 4.37. The maximum atomic E-state index is 3.85. The Kier molecular flexibility index (Phi) is 2.95. The van der Waals surface area contributed by atoms with Gasteiger partial charge in [-0.2, -0.15) is 5.10 Å². The van der Waals surface area contributed by atoms with Crippen LogP contribution in [-0.2, 0) is 0 Å². The Bertz CT molecular complexity index is 181. The first kappa shape index (κ1) is 8.11. The topological polar surface area (TPSA) is 40.7 Å². The molecule has 1 unspecified atom stereocenters. The summed E-state index contributed by atoms with van der Waals surface area (Å²) in [4.78, 5) is 0. The molecule has 1 aromatic rings. The number of nitrogens with one attached hydrogen (secondary N) is 2. The van der Waals surface area contributed by atoms with E-state index in [9.17, 15) is 0 Å². The van der Waals surface area contributed by atoms with E-state index >= 15 is 0 Å². The molecular weight excluding hydrogens is 138 g/mol. The highest BCUT2D eigenvalue weighted by molar-refractivity contribution is 5.38. The van der Waals surface area contributed by atoms with Crippen molar-refractivity contribution in [1.29, 1.82) is 0 Å². The summed E-state index contributed by atoms with van der Waals surface area (Å²) >= 11 is 0. The van der Waals surface area contributed by atoms with Gasteiger partial charge in [0.2, 0.25) is 0 Å². The first-order valence-electron chi connectivity index (χ1n) is 4.08. The first-order valence-corrected chi connectivity index (χ1v) is 4.08. The molecule has 1 heterocycles. The van der Waals surface area contributed by atoms with E-state index in [2.05, 4.69) is 29.4 Å². The van der Waals surface area contributed by atoms with Gasteiger partial charge in [-0.25, -0.2) is 0 Å². The fourth-order valence-electron chi connectivity index (χ4n) is 1.12. The molecule has 1 rings (SSSR count). The molecule has 0 aliphatic rings. The largest absolute Gasteiger partial charge is 0.380 e. The number of rotatable bonds is 4. The predicted octanol–water partition coefficient (Wildman–Crippen LogP) is 2.01. The van der Waals surface area contributed by atoms with E-state index < -0.39 is 0 Å². The molecular formula is C8H15N3. The average Bonchev–Trinajstić information content (AvgIpc) is 2.40. The Labute approximate surface area is 67.2 Å². The van der Waals surface area contributed by atoms with E-state index in [-0.39, 0.29) is 0 Å². The van der Waals surface area contributed by atoms with Crippen LogP contribution in [0.4, 0.5) is 5.69 Å². The summed E-state index contributed by atoms with van der Waals surface area (Å²) in [6.07, 6.45) is 6.08. The van der Waals surface area contributed by atoms with Gasteiger partial charge >= 0.3 is 0 Å². The molecule has 0 saturated carbocycles. The third kappa shape index (κ3) is 2.62. The van der Waals surface area contributed by atoms with E-state index in [1.54, 1.807) is 6.20 Å². The number of anilines is 1. The summed E-state index contributed by atoms with van der Waals surface area (Å²) < 4.78 is 0. The molecule has 0 radical (unpaired) electrons. The smallest absolute Gasteiger partial charge is 0.0725 e. The third-order valence-electron chi connectivity index (χ3n) is 1.63. The molecule has 3 heteroatoms. The molecule has 11 heavy (non-hydrogen) atoms. The van der Waals surface area contributed by atoms with Gasteiger partial charge in [-0.3, -0.25) is 5.10 Å². The Morgan fingerprint density at radius 2 is 2.55 bits per heavy atom. The zero-order valence-electron chi connectivity index (χ0n) is 7.09. The number of aromatic amines is 1. The summed E-state index contributed by atoms with van der Waals surface area (Å²) in [7, 11) is 0. The lowest BCUT2D eigenvalue weighted by atomic mass is 10.2. The van der Waals surface area contributed by atoms with Gasteiger partial charge in [-0.1, -0.05) is 13.3 Å². The van der Waals surface area contributed by atoms with Gasteiger partial charge < -0.3 is 5.32 Å². The molecule has 0 aliphatic heterocycles. The summed E-state index contributed by atoms with van der Waals surface area (Å²) in [5.41, 5.74) is 1.07. The van der Waals surface area contributed by atoms with Crippen molar-refractivity contribution < 1.29 is 0 Å². The van der Waals surface area contributed by atoms with Crippen LogP contribution in [0.15, 0.2) is 12.4 Å². The summed E-state index contributed by atoms with van der Waals surface area (Å²) in [5.74, 6) is 0. The van der Waals surface area contributed by atoms with Crippen molar-refractivity contribution in [2.45, 2.75) is 32.7 Å².